The van der Waals surface area contributed by atoms with Gasteiger partial charge in [0, 0.05) is 12.6 Å². The van der Waals surface area contributed by atoms with Crippen molar-refractivity contribution in [2.75, 3.05) is 14.2 Å². The largest absolute Gasteiger partial charge is 0.494 e. The molecule has 4 heteroatoms. The van der Waals surface area contributed by atoms with E-state index >= 15 is 0 Å². The topological polar surface area (TPSA) is 45.6 Å². The van der Waals surface area contributed by atoms with Crippen LogP contribution in [0, 0.1) is 6.92 Å². The zero-order chi connectivity index (χ0) is 20.0. The van der Waals surface area contributed by atoms with Crippen molar-refractivity contribution in [1.82, 2.24) is 10.0 Å². The average Bonchev–Trinajstić information content (AvgIpc) is 2.58. The maximum absolute atomic E-state index is 9.59. The number of pyridine rings is 1. The van der Waals surface area contributed by atoms with Crippen LogP contribution in [0.4, 0.5) is 0 Å². The molecule has 1 aromatic carbocycles. The highest BCUT2D eigenvalue weighted by Gasteiger charge is 2.37. The third-order valence-electron chi connectivity index (χ3n) is 5.98. The molecule has 0 saturated heterocycles. The van der Waals surface area contributed by atoms with Crippen molar-refractivity contribution >= 4 is 0 Å². The number of aryl methyl sites for hydroxylation is 1. The van der Waals surface area contributed by atoms with Crippen molar-refractivity contribution in [3.63, 3.8) is 0 Å². The van der Waals surface area contributed by atoms with Crippen molar-refractivity contribution in [3.05, 3.63) is 46.6 Å². The second-order valence-electron chi connectivity index (χ2n) is 9.15. The van der Waals surface area contributed by atoms with Gasteiger partial charge in [0.15, 0.2) is 0 Å². The predicted molar refractivity (Wildman–Crippen MR) is 110 cm³/mol. The molecule has 0 spiro atoms. The molecular weight excluding hydrogens is 336 g/mol. The summed E-state index contributed by atoms with van der Waals surface area (Å²) in [5, 5.41) is 10.7. The fourth-order valence-corrected chi connectivity index (χ4v) is 4.14. The normalized spacial score (nSPS) is 17.7. The third-order valence-corrected chi connectivity index (χ3v) is 5.98. The molecule has 27 heavy (non-hydrogen) atoms. The summed E-state index contributed by atoms with van der Waals surface area (Å²) < 4.78 is 5.61. The van der Waals surface area contributed by atoms with E-state index in [2.05, 4.69) is 46.8 Å². The molecule has 1 heterocycles. The van der Waals surface area contributed by atoms with E-state index < -0.39 is 0 Å². The maximum atomic E-state index is 9.59. The molecular formula is C23H32N2O2. The van der Waals surface area contributed by atoms with E-state index in [0.717, 1.165) is 27.8 Å². The fourth-order valence-electron chi connectivity index (χ4n) is 4.14. The molecule has 0 fully saturated rings. The molecule has 3 rings (SSSR count). The molecule has 1 aliphatic rings. The first kappa shape index (κ1) is 19.8. The van der Waals surface area contributed by atoms with Crippen LogP contribution in [0.3, 0.4) is 0 Å². The second kappa shape index (κ2) is 6.92. The summed E-state index contributed by atoms with van der Waals surface area (Å²) in [5.41, 5.74) is 7.16. The number of hydrogen-bond donors (Lipinski definition) is 1. The van der Waals surface area contributed by atoms with Gasteiger partial charge in [-0.1, -0.05) is 33.8 Å². The summed E-state index contributed by atoms with van der Waals surface area (Å²) in [7, 11) is 3.31. The van der Waals surface area contributed by atoms with Gasteiger partial charge in [0.25, 0.3) is 0 Å². The predicted octanol–water partition coefficient (Wildman–Crippen LogP) is 5.24. The summed E-state index contributed by atoms with van der Waals surface area (Å²) >= 11 is 0. The smallest absolute Gasteiger partial charge is 0.145 e. The third kappa shape index (κ3) is 3.74. The zero-order valence-corrected chi connectivity index (χ0v) is 17.7. The first-order valence-electron chi connectivity index (χ1n) is 9.65. The van der Waals surface area contributed by atoms with E-state index in [1.54, 1.807) is 14.2 Å². The molecule has 0 radical (unpaired) electrons. The molecule has 0 aliphatic heterocycles. The van der Waals surface area contributed by atoms with Gasteiger partial charge in [-0.25, -0.2) is 4.98 Å². The Labute approximate surface area is 163 Å². The highest BCUT2D eigenvalue weighted by molar-refractivity contribution is 5.72. The Bertz CT molecular complexity index is 854. The van der Waals surface area contributed by atoms with Crippen LogP contribution in [0.1, 0.15) is 62.9 Å². The number of nitrogens with zero attached hydrogens (tertiary/aromatic N) is 2. The van der Waals surface area contributed by atoms with Crippen molar-refractivity contribution < 1.29 is 9.94 Å². The average molecular weight is 369 g/mol. The Balaban J connectivity index is 2.21. The molecule has 0 atom stereocenters. The quantitative estimate of drug-likeness (QED) is 0.750. The Morgan fingerprint density at radius 2 is 1.67 bits per heavy atom. The number of hydrogen-bond acceptors (Lipinski definition) is 4. The molecule has 4 nitrogen and oxygen atoms in total. The summed E-state index contributed by atoms with van der Waals surface area (Å²) in [6.45, 7) is 11.9. The Hall–Kier alpha value is -1.91. The number of aromatic nitrogens is 1. The van der Waals surface area contributed by atoms with Crippen LogP contribution < -0.4 is 4.74 Å². The highest BCUT2D eigenvalue weighted by Crippen LogP contribution is 2.48. The maximum Gasteiger partial charge on any atom is 0.145 e. The molecule has 146 valence electrons. The van der Waals surface area contributed by atoms with Gasteiger partial charge in [0.2, 0.25) is 0 Å². The minimum absolute atomic E-state index is 0.142. The van der Waals surface area contributed by atoms with Crippen LogP contribution in [0.15, 0.2) is 24.3 Å². The summed E-state index contributed by atoms with van der Waals surface area (Å²) in [4.78, 5) is 4.82. The molecule has 1 N–H and O–H groups in total. The lowest BCUT2D eigenvalue weighted by atomic mass is 9.62. The highest BCUT2D eigenvalue weighted by atomic mass is 16.5. The van der Waals surface area contributed by atoms with Crippen LogP contribution in [0.5, 0.6) is 5.75 Å². The van der Waals surface area contributed by atoms with Gasteiger partial charge in [0.1, 0.15) is 11.4 Å². The lowest BCUT2D eigenvalue weighted by Gasteiger charge is -2.42. The number of ether oxygens (including phenoxy) is 1. The molecule has 1 aliphatic carbocycles. The lowest BCUT2D eigenvalue weighted by Crippen LogP contribution is -2.34. The van der Waals surface area contributed by atoms with Crippen LogP contribution in [0.2, 0.25) is 0 Å². The number of hydroxylamine groups is 2. The van der Waals surface area contributed by atoms with Crippen LogP contribution in [-0.4, -0.2) is 29.4 Å². The monoisotopic (exact) mass is 368 g/mol. The van der Waals surface area contributed by atoms with Crippen LogP contribution in [0.25, 0.3) is 11.3 Å². The van der Waals surface area contributed by atoms with Gasteiger partial charge < -0.3 is 9.94 Å². The van der Waals surface area contributed by atoms with E-state index in [1.807, 2.05) is 12.1 Å². The van der Waals surface area contributed by atoms with Gasteiger partial charge in [-0.15, -0.1) is 0 Å². The van der Waals surface area contributed by atoms with Crippen molar-refractivity contribution in [1.29, 1.82) is 0 Å². The lowest BCUT2D eigenvalue weighted by molar-refractivity contribution is -0.0740. The van der Waals surface area contributed by atoms with Crippen molar-refractivity contribution in [3.8, 4) is 17.0 Å². The van der Waals surface area contributed by atoms with Crippen molar-refractivity contribution in [2.45, 2.75) is 64.8 Å². The first-order chi connectivity index (χ1) is 12.5. The van der Waals surface area contributed by atoms with Gasteiger partial charge in [0.05, 0.1) is 19.3 Å². The number of benzene rings is 1. The molecule has 1 aromatic heterocycles. The zero-order valence-electron chi connectivity index (χ0n) is 17.7. The number of fused-ring (bicyclic) bond motifs is 1. The van der Waals surface area contributed by atoms with Crippen LogP contribution >= 0.6 is 0 Å². The summed E-state index contributed by atoms with van der Waals surface area (Å²) in [6, 6.07) is 8.51. The molecule has 0 unspecified atom stereocenters. The Morgan fingerprint density at radius 1 is 1.07 bits per heavy atom. The van der Waals surface area contributed by atoms with Crippen LogP contribution in [-0.2, 0) is 17.4 Å². The minimum Gasteiger partial charge on any atom is -0.494 e. The Kier molecular flexibility index (Phi) is 5.08. The van der Waals surface area contributed by atoms with E-state index in [4.69, 9.17) is 9.72 Å². The summed E-state index contributed by atoms with van der Waals surface area (Å²) in [5.74, 6) is 0.760. The van der Waals surface area contributed by atoms with Gasteiger partial charge >= 0.3 is 0 Å². The molecule has 0 saturated carbocycles. The standard InChI is InChI=1S/C23H32N2O2/c1-15-12-18-19(23(4,5)11-10-22(18,2)3)13-17(15)21-20(27-7)9-8-16(24-21)14-25(6)26/h8-9,12-13,26H,10-11,14H2,1-7H3. The number of rotatable bonds is 4. The Morgan fingerprint density at radius 3 is 2.22 bits per heavy atom. The molecule has 0 bridgehead atoms. The minimum atomic E-state index is 0.142. The van der Waals surface area contributed by atoms with Gasteiger partial charge in [-0.2, -0.15) is 5.06 Å². The van der Waals surface area contributed by atoms with E-state index in [9.17, 15) is 5.21 Å². The second-order valence-corrected chi connectivity index (χ2v) is 9.15. The molecule has 2 aromatic rings. The summed E-state index contributed by atoms with van der Waals surface area (Å²) in [6.07, 6.45) is 2.38. The number of methoxy groups -OCH3 is 1. The molecule has 0 amide bonds. The first-order valence-corrected chi connectivity index (χ1v) is 9.65. The van der Waals surface area contributed by atoms with E-state index in [1.165, 1.54) is 29.5 Å². The van der Waals surface area contributed by atoms with Gasteiger partial charge in [-0.3, -0.25) is 0 Å². The SMILES string of the molecule is COc1ccc(CN(C)O)nc1-c1cc2c(cc1C)C(C)(C)CCC2(C)C. The van der Waals surface area contributed by atoms with Crippen molar-refractivity contribution in [2.24, 2.45) is 0 Å². The van der Waals surface area contributed by atoms with E-state index in [0.29, 0.717) is 6.54 Å². The van der Waals surface area contributed by atoms with Gasteiger partial charge in [-0.05, 0) is 65.5 Å². The fraction of sp³-hybridized carbons (Fsp3) is 0.522. The van der Waals surface area contributed by atoms with E-state index in [-0.39, 0.29) is 10.8 Å².